The van der Waals surface area contributed by atoms with Crippen LogP contribution < -0.4 is 0 Å². The highest BCUT2D eigenvalue weighted by Crippen LogP contribution is 2.27. The van der Waals surface area contributed by atoms with Crippen LogP contribution in [0.5, 0.6) is 0 Å². The molecule has 0 amide bonds. The maximum atomic E-state index is 12.6. The number of ether oxygens (including phenoxy) is 1. The van der Waals surface area contributed by atoms with E-state index >= 15 is 0 Å². The van der Waals surface area contributed by atoms with Gasteiger partial charge in [-0.2, -0.15) is 0 Å². The van der Waals surface area contributed by atoms with E-state index in [2.05, 4.69) is 13.8 Å². The minimum atomic E-state index is -1.03. The molecule has 0 aliphatic rings. The Hall–Kier alpha value is -1.84. The number of rotatable bonds is 20. The molecular weight excluding hydrogens is 400 g/mol. The molecule has 182 valence electrons. The van der Waals surface area contributed by atoms with E-state index in [-0.39, 0.29) is 12.3 Å². The number of carboxylic acids is 1. The summed E-state index contributed by atoms with van der Waals surface area (Å²) >= 11 is 0. The topological polar surface area (TPSA) is 63.6 Å². The highest BCUT2D eigenvalue weighted by atomic mass is 16.6. The van der Waals surface area contributed by atoms with Crippen LogP contribution in [0.3, 0.4) is 0 Å². The molecule has 0 fully saturated rings. The van der Waals surface area contributed by atoms with E-state index in [1.165, 1.54) is 44.9 Å². The van der Waals surface area contributed by atoms with Crippen molar-refractivity contribution in [2.75, 3.05) is 0 Å². The summed E-state index contributed by atoms with van der Waals surface area (Å²) in [6, 6.07) is 10.0. The van der Waals surface area contributed by atoms with Gasteiger partial charge in [-0.05, 0) is 30.7 Å². The summed E-state index contributed by atoms with van der Waals surface area (Å²) in [5.41, 5.74) is 1.13. The van der Waals surface area contributed by atoms with E-state index in [0.717, 1.165) is 50.5 Å². The van der Waals surface area contributed by atoms with Gasteiger partial charge in [0.15, 0.2) is 6.10 Å². The highest BCUT2D eigenvalue weighted by Gasteiger charge is 2.24. The Labute approximate surface area is 196 Å². The van der Waals surface area contributed by atoms with Crippen LogP contribution in [0.15, 0.2) is 30.3 Å². The lowest BCUT2D eigenvalue weighted by molar-refractivity contribution is -0.164. The molecule has 1 aromatic carbocycles. The second-order valence-electron chi connectivity index (χ2n) is 9.09. The molecule has 1 N–H and O–H groups in total. The first-order chi connectivity index (χ1) is 15.6. The molecule has 32 heavy (non-hydrogen) atoms. The molecule has 2 atom stereocenters. The Kier molecular flexibility index (Phi) is 16.5. The Balaban J connectivity index is 2.36. The zero-order chi connectivity index (χ0) is 23.4. The molecule has 0 aliphatic heterocycles. The minimum absolute atomic E-state index is 0.0852. The van der Waals surface area contributed by atoms with Crippen LogP contribution in [-0.2, 0) is 14.3 Å². The maximum absolute atomic E-state index is 12.6. The van der Waals surface area contributed by atoms with Gasteiger partial charge in [0.25, 0.3) is 0 Å². The predicted molar refractivity (Wildman–Crippen MR) is 132 cm³/mol. The van der Waals surface area contributed by atoms with Gasteiger partial charge >= 0.3 is 11.9 Å². The van der Waals surface area contributed by atoms with Crippen molar-refractivity contribution in [1.29, 1.82) is 0 Å². The van der Waals surface area contributed by atoms with Gasteiger partial charge in [-0.1, -0.05) is 121 Å². The summed E-state index contributed by atoms with van der Waals surface area (Å²) in [5, 5.41) is 9.51. The highest BCUT2D eigenvalue weighted by molar-refractivity contribution is 5.78. The van der Waals surface area contributed by atoms with Gasteiger partial charge in [0.2, 0.25) is 0 Å². The molecule has 0 heterocycles. The molecule has 4 nitrogen and oxygen atoms in total. The maximum Gasteiger partial charge on any atom is 0.345 e. The Morgan fingerprint density at radius 1 is 0.750 bits per heavy atom. The second-order valence-corrected chi connectivity index (χ2v) is 9.09. The van der Waals surface area contributed by atoms with Crippen molar-refractivity contribution < 1.29 is 19.4 Å². The van der Waals surface area contributed by atoms with Gasteiger partial charge in [0.05, 0.1) is 6.42 Å². The van der Waals surface area contributed by atoms with Crippen molar-refractivity contribution >= 4 is 11.9 Å². The van der Waals surface area contributed by atoms with E-state index in [0.29, 0.717) is 6.42 Å². The Bertz CT molecular complexity index is 599. The number of benzene rings is 1. The van der Waals surface area contributed by atoms with Crippen LogP contribution in [-0.4, -0.2) is 23.1 Å². The molecule has 0 radical (unpaired) electrons. The number of hydrogen-bond donors (Lipinski definition) is 1. The van der Waals surface area contributed by atoms with E-state index in [1.807, 2.05) is 30.3 Å². The minimum Gasteiger partial charge on any atom is -0.479 e. The van der Waals surface area contributed by atoms with Gasteiger partial charge in [0.1, 0.15) is 0 Å². The van der Waals surface area contributed by atoms with Crippen LogP contribution in [0, 0.1) is 0 Å². The van der Waals surface area contributed by atoms with Crippen LogP contribution in [0.1, 0.15) is 128 Å². The average molecular weight is 447 g/mol. The fourth-order valence-corrected chi connectivity index (χ4v) is 4.21. The number of carbonyl (C=O) groups excluding carboxylic acids is 1. The van der Waals surface area contributed by atoms with E-state index < -0.39 is 18.0 Å². The molecule has 0 unspecified atom stereocenters. The second kappa shape index (κ2) is 18.7. The monoisotopic (exact) mass is 446 g/mol. The molecule has 0 spiro atoms. The van der Waals surface area contributed by atoms with Crippen molar-refractivity contribution in [3.63, 3.8) is 0 Å². The van der Waals surface area contributed by atoms with E-state index in [1.54, 1.807) is 0 Å². The number of aliphatic carboxylic acids is 1. The van der Waals surface area contributed by atoms with Gasteiger partial charge < -0.3 is 9.84 Å². The predicted octanol–water partition coefficient (Wildman–Crippen LogP) is 8.05. The lowest BCUT2D eigenvalue weighted by Crippen LogP contribution is -2.27. The van der Waals surface area contributed by atoms with Crippen molar-refractivity contribution in [3.8, 4) is 0 Å². The first kappa shape index (κ1) is 28.2. The number of carboxylic acid groups (broad SMARTS) is 1. The van der Waals surface area contributed by atoms with Crippen LogP contribution in [0.25, 0.3) is 0 Å². The van der Waals surface area contributed by atoms with Crippen LogP contribution >= 0.6 is 0 Å². The summed E-state index contributed by atoms with van der Waals surface area (Å²) in [5.74, 6) is -1.34. The van der Waals surface area contributed by atoms with Crippen molar-refractivity contribution in [2.24, 2.45) is 0 Å². The normalized spacial score (nSPS) is 12.9. The molecule has 1 aromatic rings. The first-order valence-corrected chi connectivity index (χ1v) is 13.1. The van der Waals surface area contributed by atoms with Gasteiger partial charge in [0, 0.05) is 0 Å². The van der Waals surface area contributed by atoms with Crippen molar-refractivity contribution in [1.82, 2.24) is 0 Å². The molecule has 0 bridgehead atoms. The zero-order valence-corrected chi connectivity index (χ0v) is 20.5. The van der Waals surface area contributed by atoms with Gasteiger partial charge in [-0.25, -0.2) is 4.79 Å². The van der Waals surface area contributed by atoms with Crippen molar-refractivity contribution in [2.45, 2.75) is 129 Å². The third kappa shape index (κ3) is 13.5. The largest absolute Gasteiger partial charge is 0.479 e. The fourth-order valence-electron chi connectivity index (χ4n) is 4.21. The first-order valence-electron chi connectivity index (χ1n) is 13.1. The summed E-state index contributed by atoms with van der Waals surface area (Å²) in [6.45, 7) is 4.40. The average Bonchev–Trinajstić information content (AvgIpc) is 2.79. The third-order valence-electron chi connectivity index (χ3n) is 6.21. The molecular formula is C28H46O4. The summed E-state index contributed by atoms with van der Waals surface area (Å²) < 4.78 is 5.41. The molecule has 0 aliphatic carbocycles. The third-order valence-corrected chi connectivity index (χ3v) is 6.21. The molecule has 1 rings (SSSR count). The Morgan fingerprint density at radius 2 is 1.25 bits per heavy atom. The number of carbonyl (C=O) groups is 2. The molecule has 0 saturated carbocycles. The van der Waals surface area contributed by atoms with E-state index in [4.69, 9.17) is 4.74 Å². The smallest absolute Gasteiger partial charge is 0.345 e. The summed E-state index contributed by atoms with van der Waals surface area (Å²) in [7, 11) is 0. The number of esters is 1. The van der Waals surface area contributed by atoms with Crippen molar-refractivity contribution in [3.05, 3.63) is 35.9 Å². The van der Waals surface area contributed by atoms with Crippen LogP contribution in [0.2, 0.25) is 0 Å². The van der Waals surface area contributed by atoms with E-state index in [9.17, 15) is 14.7 Å². The Morgan fingerprint density at radius 3 is 1.81 bits per heavy atom. The van der Waals surface area contributed by atoms with Gasteiger partial charge in [-0.3, -0.25) is 4.79 Å². The SMILES string of the molecule is CCCCCCCCCCCC[C@@H](OC(=O)C[C@@H](CCCCC)c1ccccc1)C(=O)O. The van der Waals surface area contributed by atoms with Gasteiger partial charge in [-0.15, -0.1) is 0 Å². The number of hydrogen-bond acceptors (Lipinski definition) is 3. The molecule has 0 saturated heterocycles. The lowest BCUT2D eigenvalue weighted by Gasteiger charge is -2.19. The summed E-state index contributed by atoms with van der Waals surface area (Å²) in [6.07, 6.45) is 15.8. The molecule has 4 heteroatoms. The quantitative estimate of drug-likeness (QED) is 0.162. The number of unbranched alkanes of at least 4 members (excludes halogenated alkanes) is 11. The lowest BCUT2D eigenvalue weighted by atomic mass is 9.90. The standard InChI is InChI=1S/C28H46O4/c1-3-5-7-8-9-10-11-12-13-18-22-26(28(30)31)32-27(29)23-25(21-15-6-4-2)24-19-16-14-17-20-24/h14,16-17,19-20,25-26H,3-13,15,18,21-23H2,1-2H3,(H,30,31)/t25-,26-/m1/s1. The molecule has 0 aromatic heterocycles. The summed E-state index contributed by atoms with van der Waals surface area (Å²) in [4.78, 5) is 24.2. The van der Waals surface area contributed by atoms with Crippen LogP contribution in [0.4, 0.5) is 0 Å². The zero-order valence-electron chi connectivity index (χ0n) is 20.5. The fraction of sp³-hybridized carbons (Fsp3) is 0.714.